The minimum Gasteiger partial charge on any atom is -0.677 e. The summed E-state index contributed by atoms with van der Waals surface area (Å²) in [6.45, 7) is 14.0. The molecule has 2 aliphatic carbocycles. The van der Waals surface area contributed by atoms with Crippen molar-refractivity contribution in [1.29, 1.82) is 0 Å². The van der Waals surface area contributed by atoms with Gasteiger partial charge in [-0.2, -0.15) is 29.0 Å². The van der Waals surface area contributed by atoms with Gasteiger partial charge in [0.25, 0.3) is 35.6 Å². The van der Waals surface area contributed by atoms with E-state index >= 15 is 0 Å². The van der Waals surface area contributed by atoms with Crippen LogP contribution in [-0.2, 0) is 122 Å². The van der Waals surface area contributed by atoms with E-state index in [1.165, 1.54) is 79.6 Å². The summed E-state index contributed by atoms with van der Waals surface area (Å²) in [6.07, 6.45) is 19.5. The number of aliphatic carboxylic acids is 8. The zero-order chi connectivity index (χ0) is 71.8. The van der Waals surface area contributed by atoms with Crippen molar-refractivity contribution in [1.82, 2.24) is 20.7 Å². The van der Waals surface area contributed by atoms with Crippen molar-refractivity contribution < 1.29 is 155 Å². The molecule has 2 fully saturated rings. The summed E-state index contributed by atoms with van der Waals surface area (Å²) < 4.78 is 0. The van der Waals surface area contributed by atoms with Crippen molar-refractivity contribution in [3.05, 3.63) is 120 Å². The molecule has 2 saturated carbocycles. The molecular weight excluding hydrogens is 1610 g/mol. The van der Waals surface area contributed by atoms with E-state index in [2.05, 4.69) is 24.4 Å². The maximum absolute atomic E-state index is 11.9. The minimum atomic E-state index is -1.82. The zero-order valence-electron chi connectivity index (χ0n) is 53.0. The number of carbonyl (C=O) groups is 15. The fourth-order valence-electron chi connectivity index (χ4n) is 7.59. The molecule has 4 aliphatic rings. The molecule has 14 N–H and O–H groups in total. The number of imide groups is 2. The van der Waals surface area contributed by atoms with E-state index in [1.807, 2.05) is 5.43 Å². The molecule has 33 heteroatoms. The van der Waals surface area contributed by atoms with Gasteiger partial charge in [-0.15, -0.1) is 0 Å². The third-order valence-corrected chi connectivity index (χ3v) is 12.5. The quantitative estimate of drug-likeness (QED) is 0.00888. The standard InChI is InChI=1S/C20H23N3O5.C10H15N3O3.C10H10O3.2C7H13N.2C2H2O4.2C2H4O2.2Pt/c1-14(16-8-6-15(7-9-16)13-20(27)28)21-22-17(24)5-3-2-4-12-23-18(25)10-11-19(23)26;11-12-8(14)4-2-1-3-7-13-9(15)5-6-10(13)16;1-7(11)9-4-2-8(3-5-9)6-10(12)13;2*1-6-4-2-3-5-7(6)8;2*3-1(4)2(5)6;2*1-2(3)4;;/h6-11H,2-5,12-13H2,1H3,(H,22,24)(H,27,28);5-6H,1-4,7,11H2,(H,12,14);2-5H,6H2,1H3,(H,12,13);2*6-8H,1-5H2;2*(H,3,4)(H,5,6);2*1H3,(H,3,4);;/q;;;2*-2;;;;;2*+2/b21-14+;;;;;;;;;;/t;;;2*6-,7-;;;;;;/m...11....../s1. The number of hydrazone groups is 1. The number of carbonyl (C=O) groups excluding carboxylic acids is 7. The van der Waals surface area contributed by atoms with Gasteiger partial charge in [0.05, 0.1) is 18.6 Å². The van der Waals surface area contributed by atoms with E-state index in [0.717, 1.165) is 45.1 Å². The summed E-state index contributed by atoms with van der Waals surface area (Å²) in [6, 6.07) is 13.8. The van der Waals surface area contributed by atoms with Crippen LogP contribution in [0.2, 0.25) is 0 Å². The normalized spacial score (nSPS) is 16.0. The van der Waals surface area contributed by atoms with Gasteiger partial charge in [-0.05, 0) is 56.2 Å². The van der Waals surface area contributed by atoms with Crippen molar-refractivity contribution in [2.24, 2.45) is 22.8 Å². The Morgan fingerprint density at radius 3 is 1.03 bits per heavy atom. The van der Waals surface area contributed by atoms with Gasteiger partial charge in [-0.3, -0.25) is 68.0 Å². The molecule has 0 radical (unpaired) electrons. The number of nitrogens with zero attached hydrogens (tertiary/aromatic N) is 3. The van der Waals surface area contributed by atoms with Crippen molar-refractivity contribution >= 4 is 94.7 Å². The summed E-state index contributed by atoms with van der Waals surface area (Å²) in [7, 11) is 0. The van der Waals surface area contributed by atoms with Crippen LogP contribution in [0.4, 0.5) is 0 Å². The number of nitrogens with one attached hydrogen (secondary N) is 4. The number of nitrogens with two attached hydrogens (primary N) is 1. The summed E-state index contributed by atoms with van der Waals surface area (Å²) in [5.41, 5.74) is 22.8. The Bertz CT molecular complexity index is 2740. The summed E-state index contributed by atoms with van der Waals surface area (Å²) >= 11 is 0. The molecule has 0 spiro atoms. The average Bonchev–Trinajstić information content (AvgIpc) is 1.99. The second-order valence-electron chi connectivity index (χ2n) is 20.4. The molecule has 2 aliphatic heterocycles. The molecule has 2 aromatic rings. The van der Waals surface area contributed by atoms with E-state index in [1.54, 1.807) is 55.5 Å². The topological polar surface area (TPSA) is 534 Å². The zero-order valence-corrected chi connectivity index (χ0v) is 57.6. The van der Waals surface area contributed by atoms with E-state index in [9.17, 15) is 43.2 Å². The maximum atomic E-state index is 11.9. The smallest absolute Gasteiger partial charge is 0.677 e. The van der Waals surface area contributed by atoms with Gasteiger partial charge in [-0.25, -0.2) is 30.4 Å². The first-order valence-electron chi connectivity index (χ1n) is 28.9. The first-order valence-corrected chi connectivity index (χ1v) is 28.9. The number of hydrogen-bond acceptors (Lipinski definition) is 17. The summed E-state index contributed by atoms with van der Waals surface area (Å²) in [5, 5.41) is 65.7. The van der Waals surface area contributed by atoms with Crippen molar-refractivity contribution in [3.63, 3.8) is 0 Å². The number of hydrogen-bond donors (Lipinski definition) is 11. The number of Topliss-reactive ketones (excluding diaryl/α,β-unsaturated/α-hetero) is 1. The molecule has 31 nitrogen and oxygen atoms in total. The van der Waals surface area contributed by atoms with Gasteiger partial charge >= 0.3 is 77.9 Å². The molecule has 6 amide bonds. The summed E-state index contributed by atoms with van der Waals surface area (Å²) in [5.74, 6) is -6.48. The predicted octanol–water partition coefficient (Wildman–Crippen LogP) is 5.97. The van der Waals surface area contributed by atoms with Crippen LogP contribution in [0.3, 0.4) is 0 Å². The monoisotopic (exact) mass is 1700 g/mol. The predicted molar refractivity (Wildman–Crippen MR) is 335 cm³/mol. The number of ketones is 1. The molecule has 0 saturated heterocycles. The molecule has 4 atom stereocenters. The Morgan fingerprint density at radius 1 is 0.484 bits per heavy atom. The van der Waals surface area contributed by atoms with Gasteiger partial charge in [0.1, 0.15) is 0 Å². The SMILES string of the molecule is C/C(=N\NC(=O)CCCCCN1C(=O)C=CC1=O)c1ccc(CC(=O)O)cc1.CC(=O)O.CC(=O)O.CC(=O)c1ccc(CC(=O)O)cc1.NNC(=O)CCCCCN1C(=O)C=CC1=O.O=C(O)C(=O)O.O=C(O)C(=O)O.[CH2-][C@@H]1CCCC[C@H]1[NH-].[CH2-][C@@H]1CCCC[C@H]1[NH-].[Pt+2].[Pt+2]. The van der Waals surface area contributed by atoms with Crippen LogP contribution in [0.15, 0.2) is 77.9 Å². The van der Waals surface area contributed by atoms with Crippen LogP contribution >= 0.6 is 0 Å². The van der Waals surface area contributed by atoms with Crippen LogP contribution in [0, 0.1) is 25.7 Å². The van der Waals surface area contributed by atoms with E-state index < -0.39 is 47.8 Å². The molecule has 0 unspecified atom stereocenters. The van der Waals surface area contributed by atoms with Crippen LogP contribution in [0.25, 0.3) is 11.5 Å². The Labute approximate surface area is 578 Å². The van der Waals surface area contributed by atoms with E-state index in [4.69, 9.17) is 86.9 Å². The van der Waals surface area contributed by atoms with Gasteiger partial charge in [0.2, 0.25) is 11.8 Å². The molecule has 95 heavy (non-hydrogen) atoms. The average molecular weight is 1700 g/mol. The summed E-state index contributed by atoms with van der Waals surface area (Å²) in [4.78, 5) is 156. The molecule has 532 valence electrons. The number of rotatable bonds is 19. The van der Waals surface area contributed by atoms with Crippen LogP contribution in [-0.4, -0.2) is 171 Å². The van der Waals surface area contributed by atoms with Crippen LogP contribution in [0.5, 0.6) is 0 Å². The Kier molecular flexibility index (Phi) is 56.0. The molecular formula is C62H86N8O23Pt2. The second-order valence-corrected chi connectivity index (χ2v) is 20.4. The first kappa shape index (κ1) is 95.2. The van der Waals surface area contributed by atoms with Gasteiger partial charge < -0.3 is 66.2 Å². The second kappa shape index (κ2) is 55.9. The largest absolute Gasteiger partial charge is 2.00 e. The first-order chi connectivity index (χ1) is 43.5. The van der Waals surface area contributed by atoms with Gasteiger partial charge in [0.15, 0.2) is 5.78 Å². The maximum Gasteiger partial charge on any atom is 2.00 e. The minimum absolute atomic E-state index is 0. The van der Waals surface area contributed by atoms with Crippen molar-refractivity contribution in [2.75, 3.05) is 13.1 Å². The van der Waals surface area contributed by atoms with E-state index in [0.29, 0.717) is 85.9 Å². The number of carboxylic acid groups (broad SMARTS) is 8. The van der Waals surface area contributed by atoms with Crippen LogP contribution < -0.4 is 16.7 Å². The Hall–Kier alpha value is -8.50. The van der Waals surface area contributed by atoms with E-state index in [-0.39, 0.29) is 108 Å². The number of unbranched alkanes of at least 4 members (excludes halogenated alkanes) is 4. The Morgan fingerprint density at radius 2 is 0.779 bits per heavy atom. The fraction of sp³-hybridized carbons (Fsp3) is 0.452. The fourth-order valence-corrected chi connectivity index (χ4v) is 7.59. The third-order valence-electron chi connectivity index (χ3n) is 12.5. The van der Waals surface area contributed by atoms with Gasteiger partial charge in [0, 0.05) is 69.6 Å². The van der Waals surface area contributed by atoms with Crippen LogP contribution in [0.1, 0.15) is 157 Å². The number of benzene rings is 2. The number of carboxylic acids is 8. The molecule has 2 heterocycles. The number of amides is 6. The van der Waals surface area contributed by atoms with Gasteiger partial charge in [-0.1, -0.05) is 113 Å². The van der Waals surface area contributed by atoms with Crippen molar-refractivity contribution in [3.8, 4) is 0 Å². The Balaban J connectivity index is -0.000000347. The molecule has 6 rings (SSSR count). The van der Waals surface area contributed by atoms with Crippen molar-refractivity contribution in [2.45, 2.75) is 155 Å². The molecule has 0 aromatic heterocycles. The molecule has 2 aromatic carbocycles. The third kappa shape index (κ3) is 52.6. The number of hydrazine groups is 1. The molecule has 0 bridgehead atoms.